The molecule has 4 amide bonds. The van der Waals surface area contributed by atoms with Gasteiger partial charge in [0.2, 0.25) is 0 Å². The second-order valence-corrected chi connectivity index (χ2v) is 6.98. The van der Waals surface area contributed by atoms with Crippen molar-refractivity contribution in [2.24, 2.45) is 0 Å². The van der Waals surface area contributed by atoms with Crippen LogP contribution in [-0.4, -0.2) is 49.7 Å². The van der Waals surface area contributed by atoms with Crippen molar-refractivity contribution in [3.8, 4) is 0 Å². The minimum atomic E-state index is -4.56. The van der Waals surface area contributed by atoms with Crippen LogP contribution in [0, 0.1) is 0 Å². The van der Waals surface area contributed by atoms with Crippen molar-refractivity contribution in [3.63, 3.8) is 0 Å². The Hall–Kier alpha value is -3.43. The zero-order valence-electron chi connectivity index (χ0n) is 17.0. The fourth-order valence-corrected chi connectivity index (χ4v) is 3.31. The Morgan fingerprint density at radius 3 is 2.19 bits per heavy atom. The van der Waals surface area contributed by atoms with E-state index in [9.17, 15) is 22.8 Å². The van der Waals surface area contributed by atoms with Gasteiger partial charge in [-0.1, -0.05) is 12.1 Å². The average molecular weight is 435 g/mol. The molecule has 0 unspecified atom stereocenters. The van der Waals surface area contributed by atoms with Gasteiger partial charge in [-0.2, -0.15) is 13.2 Å². The van der Waals surface area contributed by atoms with Gasteiger partial charge in [0.05, 0.1) is 11.3 Å². The number of hydrogen-bond donors (Lipinski definition) is 3. The summed E-state index contributed by atoms with van der Waals surface area (Å²) in [5.74, 6) is 0. The van der Waals surface area contributed by atoms with E-state index in [0.717, 1.165) is 11.8 Å². The summed E-state index contributed by atoms with van der Waals surface area (Å²) in [5, 5.41) is 7.57. The van der Waals surface area contributed by atoms with E-state index in [2.05, 4.69) is 20.9 Å². The third kappa shape index (κ3) is 5.80. The summed E-state index contributed by atoms with van der Waals surface area (Å²) in [7, 11) is 0. The second kappa shape index (κ2) is 9.59. The van der Waals surface area contributed by atoms with Crippen LogP contribution < -0.4 is 20.9 Å². The highest BCUT2D eigenvalue weighted by Crippen LogP contribution is 2.34. The highest BCUT2D eigenvalue weighted by Gasteiger charge is 2.33. The molecule has 1 saturated heterocycles. The zero-order valence-corrected chi connectivity index (χ0v) is 17.0. The van der Waals surface area contributed by atoms with Crippen LogP contribution in [0.4, 0.5) is 39.8 Å². The standard InChI is InChI=1S/C21H24F3N5O2/c1-2-25-20(31)29-13-11-28(12-14-29)16-9-7-15(8-10-16)26-19(30)27-18-6-4-3-5-17(18)21(22,23)24/h3-10H,2,11-14H2,1H3,(H,25,31)(H2,26,27,30). The molecule has 3 rings (SSSR count). The summed E-state index contributed by atoms with van der Waals surface area (Å²) >= 11 is 0. The van der Waals surface area contributed by atoms with Crippen molar-refractivity contribution in [1.29, 1.82) is 0 Å². The SMILES string of the molecule is CCNC(=O)N1CCN(c2ccc(NC(=O)Nc3ccccc3C(F)(F)F)cc2)CC1. The molecular weight excluding hydrogens is 411 g/mol. The smallest absolute Gasteiger partial charge is 0.368 e. The van der Waals surface area contributed by atoms with Crippen LogP contribution in [0.2, 0.25) is 0 Å². The van der Waals surface area contributed by atoms with E-state index in [-0.39, 0.29) is 11.7 Å². The van der Waals surface area contributed by atoms with E-state index in [1.54, 1.807) is 17.0 Å². The number of nitrogens with one attached hydrogen (secondary N) is 3. The molecular formula is C21H24F3N5O2. The number of carbonyl (C=O) groups excluding carboxylic acids is 2. The average Bonchev–Trinajstić information content (AvgIpc) is 2.74. The van der Waals surface area contributed by atoms with Crippen LogP contribution >= 0.6 is 0 Å². The van der Waals surface area contributed by atoms with Gasteiger partial charge in [0.25, 0.3) is 0 Å². The molecule has 7 nitrogen and oxygen atoms in total. The van der Waals surface area contributed by atoms with Gasteiger partial charge in [-0.15, -0.1) is 0 Å². The summed E-state index contributed by atoms with van der Waals surface area (Å²) in [5.41, 5.74) is 0.164. The predicted molar refractivity (Wildman–Crippen MR) is 113 cm³/mol. The summed E-state index contributed by atoms with van der Waals surface area (Å²) in [4.78, 5) is 27.9. The van der Waals surface area contributed by atoms with Crippen molar-refractivity contribution in [2.75, 3.05) is 48.3 Å². The number of anilines is 3. The number of amides is 4. The molecule has 1 aliphatic rings. The number of carbonyl (C=O) groups is 2. The van der Waals surface area contributed by atoms with Crippen molar-refractivity contribution in [1.82, 2.24) is 10.2 Å². The zero-order chi connectivity index (χ0) is 22.4. The molecule has 0 saturated carbocycles. The van der Waals surface area contributed by atoms with Crippen molar-refractivity contribution in [3.05, 3.63) is 54.1 Å². The quantitative estimate of drug-likeness (QED) is 0.674. The molecule has 0 bridgehead atoms. The molecule has 166 valence electrons. The molecule has 10 heteroatoms. The van der Waals surface area contributed by atoms with Gasteiger partial charge in [-0.25, -0.2) is 9.59 Å². The minimum absolute atomic E-state index is 0.0696. The molecule has 31 heavy (non-hydrogen) atoms. The first kappa shape index (κ1) is 22.3. The summed E-state index contributed by atoms with van der Waals surface area (Å²) < 4.78 is 39.2. The van der Waals surface area contributed by atoms with E-state index in [4.69, 9.17) is 0 Å². The Labute approximate surface area is 178 Å². The number of alkyl halides is 3. The van der Waals surface area contributed by atoms with Gasteiger partial charge in [-0.3, -0.25) is 0 Å². The van der Waals surface area contributed by atoms with Gasteiger partial charge in [0, 0.05) is 44.1 Å². The Morgan fingerprint density at radius 1 is 0.935 bits per heavy atom. The molecule has 0 aliphatic carbocycles. The van der Waals surface area contributed by atoms with Crippen LogP contribution in [0.15, 0.2) is 48.5 Å². The molecule has 1 fully saturated rings. The Morgan fingerprint density at radius 2 is 1.58 bits per heavy atom. The number of urea groups is 2. The Kier molecular flexibility index (Phi) is 6.88. The van der Waals surface area contributed by atoms with Crippen molar-refractivity contribution in [2.45, 2.75) is 13.1 Å². The van der Waals surface area contributed by atoms with Crippen LogP contribution in [-0.2, 0) is 6.18 Å². The van der Waals surface area contributed by atoms with Gasteiger partial charge in [0.1, 0.15) is 0 Å². The third-order valence-electron chi connectivity index (χ3n) is 4.87. The number of halogens is 3. The molecule has 0 spiro atoms. The van der Waals surface area contributed by atoms with E-state index >= 15 is 0 Å². The minimum Gasteiger partial charge on any atom is -0.368 e. The lowest BCUT2D eigenvalue weighted by molar-refractivity contribution is -0.136. The molecule has 1 aliphatic heterocycles. The first-order valence-corrected chi connectivity index (χ1v) is 9.90. The molecule has 1 heterocycles. The summed E-state index contributed by atoms with van der Waals surface area (Å²) in [6.07, 6.45) is -4.56. The van der Waals surface area contributed by atoms with Crippen molar-refractivity contribution < 1.29 is 22.8 Å². The van der Waals surface area contributed by atoms with E-state index in [1.165, 1.54) is 18.2 Å². The number of nitrogens with zero attached hydrogens (tertiary/aromatic N) is 2. The fraction of sp³-hybridized carbons (Fsp3) is 0.333. The lowest BCUT2D eigenvalue weighted by Gasteiger charge is -2.36. The Balaban J connectivity index is 1.56. The first-order chi connectivity index (χ1) is 14.8. The second-order valence-electron chi connectivity index (χ2n) is 6.98. The first-order valence-electron chi connectivity index (χ1n) is 9.90. The molecule has 0 aromatic heterocycles. The maximum atomic E-state index is 13.1. The van der Waals surface area contributed by atoms with Gasteiger partial charge < -0.3 is 25.8 Å². The highest BCUT2D eigenvalue weighted by molar-refractivity contribution is 6.00. The van der Waals surface area contributed by atoms with E-state index in [0.29, 0.717) is 38.4 Å². The normalized spacial score (nSPS) is 14.2. The highest BCUT2D eigenvalue weighted by atomic mass is 19.4. The Bertz CT molecular complexity index is 910. The topological polar surface area (TPSA) is 76.7 Å². The van der Waals surface area contributed by atoms with Crippen LogP contribution in [0.1, 0.15) is 12.5 Å². The summed E-state index contributed by atoms with van der Waals surface area (Å²) in [6, 6.07) is 11.0. The maximum absolute atomic E-state index is 13.1. The van der Waals surface area contributed by atoms with E-state index < -0.39 is 17.8 Å². The number of rotatable bonds is 4. The lowest BCUT2D eigenvalue weighted by atomic mass is 10.1. The van der Waals surface area contributed by atoms with Crippen molar-refractivity contribution >= 4 is 29.1 Å². The number of benzene rings is 2. The lowest BCUT2D eigenvalue weighted by Crippen LogP contribution is -2.51. The number of para-hydroxylation sites is 1. The molecule has 0 radical (unpaired) electrons. The molecule has 2 aromatic carbocycles. The monoisotopic (exact) mass is 435 g/mol. The van der Waals surface area contributed by atoms with Gasteiger partial charge >= 0.3 is 18.2 Å². The number of hydrogen-bond acceptors (Lipinski definition) is 3. The molecule has 0 atom stereocenters. The fourth-order valence-electron chi connectivity index (χ4n) is 3.31. The van der Waals surface area contributed by atoms with Gasteiger partial charge in [-0.05, 0) is 43.3 Å². The predicted octanol–water partition coefficient (Wildman–Crippen LogP) is 4.20. The maximum Gasteiger partial charge on any atom is 0.418 e. The van der Waals surface area contributed by atoms with Crippen LogP contribution in [0.25, 0.3) is 0 Å². The molecule has 3 N–H and O–H groups in total. The largest absolute Gasteiger partial charge is 0.418 e. The van der Waals surface area contributed by atoms with Crippen LogP contribution in [0.5, 0.6) is 0 Å². The van der Waals surface area contributed by atoms with E-state index in [1.807, 2.05) is 19.1 Å². The molecule has 2 aromatic rings. The van der Waals surface area contributed by atoms with Gasteiger partial charge in [0.15, 0.2) is 0 Å². The number of piperazine rings is 1. The summed E-state index contributed by atoms with van der Waals surface area (Å²) in [6.45, 7) is 5.03. The third-order valence-corrected chi connectivity index (χ3v) is 4.87. The van der Waals surface area contributed by atoms with Crippen LogP contribution in [0.3, 0.4) is 0 Å².